The van der Waals surface area contributed by atoms with Crippen LogP contribution in [0, 0.1) is 10.8 Å². The van der Waals surface area contributed by atoms with Crippen molar-refractivity contribution in [3.63, 3.8) is 0 Å². The molecule has 2 aliphatic rings. The highest BCUT2D eigenvalue weighted by molar-refractivity contribution is 7.10. The average Bonchev–Trinajstić information content (AvgIpc) is 3.22. The van der Waals surface area contributed by atoms with Gasteiger partial charge < -0.3 is 26.0 Å². The van der Waals surface area contributed by atoms with Gasteiger partial charge in [0.05, 0.1) is 18.4 Å². The number of rotatable bonds is 10. The second-order valence-corrected chi connectivity index (χ2v) is 11.7. The Morgan fingerprint density at radius 2 is 1.82 bits per heavy atom. The van der Waals surface area contributed by atoms with Crippen molar-refractivity contribution in [3.05, 3.63) is 82.0 Å². The van der Waals surface area contributed by atoms with Gasteiger partial charge in [-0.2, -0.15) is 0 Å². The minimum absolute atomic E-state index is 0.00119. The lowest BCUT2D eigenvalue weighted by Crippen LogP contribution is -2.51. The number of amidine groups is 1. The average molecular weight is 560 g/mol. The number of hydrogen-bond donors (Lipinski definition) is 4. The van der Waals surface area contributed by atoms with Gasteiger partial charge in [0, 0.05) is 22.9 Å². The van der Waals surface area contributed by atoms with Gasteiger partial charge in [-0.3, -0.25) is 19.8 Å². The molecule has 2 heterocycles. The molecule has 1 saturated carbocycles. The number of nitrogens with two attached hydrogens (primary N) is 1. The van der Waals surface area contributed by atoms with Gasteiger partial charge in [-0.15, -0.1) is 11.3 Å². The van der Waals surface area contributed by atoms with E-state index in [0.717, 1.165) is 16.9 Å². The van der Waals surface area contributed by atoms with E-state index in [1.807, 2.05) is 48.7 Å². The number of para-hydroxylation sites is 1. The number of carbonyl (C=O) groups excluding carboxylic acids is 3. The van der Waals surface area contributed by atoms with Crippen molar-refractivity contribution in [2.75, 3.05) is 6.54 Å². The summed E-state index contributed by atoms with van der Waals surface area (Å²) in [5.41, 5.74) is 6.78. The van der Waals surface area contributed by atoms with Crippen LogP contribution in [0.15, 0.2) is 66.0 Å². The van der Waals surface area contributed by atoms with Crippen LogP contribution in [0.2, 0.25) is 0 Å². The Hall–Kier alpha value is -4.18. The summed E-state index contributed by atoms with van der Waals surface area (Å²) < 4.78 is 5.77. The Morgan fingerprint density at radius 1 is 1.12 bits per heavy atom. The smallest absolute Gasteiger partial charge is 0.251 e. The first-order chi connectivity index (χ1) is 19.1. The molecule has 5 rings (SSSR count). The Labute approximate surface area is 237 Å². The van der Waals surface area contributed by atoms with Crippen molar-refractivity contribution >= 4 is 34.9 Å². The van der Waals surface area contributed by atoms with Crippen LogP contribution in [0.3, 0.4) is 0 Å². The van der Waals surface area contributed by atoms with Gasteiger partial charge in [-0.1, -0.05) is 25.1 Å². The molecular formula is C30H33N5O4S. The minimum atomic E-state index is -0.582. The molecule has 1 aromatic heterocycles. The summed E-state index contributed by atoms with van der Waals surface area (Å²) in [6.07, 6.45) is 1.83. The van der Waals surface area contributed by atoms with E-state index in [2.05, 4.69) is 17.6 Å². The lowest BCUT2D eigenvalue weighted by Gasteiger charge is -2.28. The monoisotopic (exact) mass is 559 g/mol. The predicted molar refractivity (Wildman–Crippen MR) is 154 cm³/mol. The third-order valence-electron chi connectivity index (χ3n) is 7.58. The number of nitrogens with zero attached hydrogens (tertiary/aromatic N) is 1. The topological polar surface area (TPSA) is 138 Å². The summed E-state index contributed by atoms with van der Waals surface area (Å²) in [5, 5.41) is 15.2. The zero-order chi connectivity index (χ0) is 28.4. The molecule has 3 aromatic rings. The van der Waals surface area contributed by atoms with Crippen LogP contribution in [-0.2, 0) is 16.0 Å². The molecule has 40 heavy (non-hydrogen) atoms. The predicted octanol–water partition coefficient (Wildman–Crippen LogP) is 4.01. The van der Waals surface area contributed by atoms with Crippen LogP contribution in [0.1, 0.15) is 53.5 Å². The molecule has 1 saturated heterocycles. The van der Waals surface area contributed by atoms with Gasteiger partial charge in [0.1, 0.15) is 17.5 Å². The number of likely N-dealkylation sites (tertiary alicyclic amines) is 1. The molecule has 5 N–H and O–H groups in total. The Kier molecular flexibility index (Phi) is 7.62. The maximum atomic E-state index is 13.3. The lowest BCUT2D eigenvalue weighted by molar-refractivity contribution is -0.139. The van der Waals surface area contributed by atoms with E-state index in [4.69, 9.17) is 15.9 Å². The molecule has 0 spiro atoms. The van der Waals surface area contributed by atoms with E-state index in [1.54, 1.807) is 29.2 Å². The summed E-state index contributed by atoms with van der Waals surface area (Å²) in [4.78, 5) is 42.0. The molecule has 2 fully saturated rings. The van der Waals surface area contributed by atoms with Crippen LogP contribution in [-0.4, -0.2) is 47.1 Å². The number of piperidine rings is 1. The summed E-state index contributed by atoms with van der Waals surface area (Å²) in [7, 11) is 0. The van der Waals surface area contributed by atoms with Gasteiger partial charge in [0.15, 0.2) is 0 Å². The number of nitrogens with one attached hydrogen (secondary N) is 3. The van der Waals surface area contributed by atoms with Crippen molar-refractivity contribution in [3.8, 4) is 11.5 Å². The first-order valence-electron chi connectivity index (χ1n) is 13.3. The van der Waals surface area contributed by atoms with Crippen LogP contribution in [0.5, 0.6) is 11.5 Å². The van der Waals surface area contributed by atoms with E-state index in [-0.39, 0.29) is 47.6 Å². The molecule has 0 radical (unpaired) electrons. The van der Waals surface area contributed by atoms with E-state index >= 15 is 0 Å². The second kappa shape index (κ2) is 11.1. The Bertz CT molecular complexity index is 1420. The van der Waals surface area contributed by atoms with E-state index in [9.17, 15) is 14.4 Å². The quantitative estimate of drug-likeness (QED) is 0.220. The Balaban J connectivity index is 1.17. The summed E-state index contributed by atoms with van der Waals surface area (Å²) in [6.45, 7) is 3.81. The van der Waals surface area contributed by atoms with Crippen LogP contribution >= 0.6 is 11.3 Å². The molecule has 2 aromatic carbocycles. The van der Waals surface area contributed by atoms with Gasteiger partial charge in [-0.05, 0) is 78.6 Å². The van der Waals surface area contributed by atoms with Gasteiger partial charge >= 0.3 is 0 Å². The van der Waals surface area contributed by atoms with Crippen molar-refractivity contribution in [2.24, 2.45) is 11.1 Å². The van der Waals surface area contributed by atoms with Gasteiger partial charge in [0.25, 0.3) is 5.91 Å². The first kappa shape index (κ1) is 27.4. The zero-order valence-corrected chi connectivity index (χ0v) is 23.3. The van der Waals surface area contributed by atoms with Crippen molar-refractivity contribution in [1.82, 2.24) is 15.5 Å². The van der Waals surface area contributed by atoms with Crippen LogP contribution in [0.25, 0.3) is 0 Å². The SMILES string of the molecule is C[C@@H](NC(=O)[C@@H]1C[C@]2(C)C[C@@H]2N1C(=O)CNC(=O)c1ccc(Oc2ccccc2)cc1)c1cc(CC(=N)N)cs1. The molecule has 0 bridgehead atoms. The number of carbonyl (C=O) groups is 3. The number of fused-ring (bicyclic) bond motifs is 1. The fourth-order valence-electron chi connectivity index (χ4n) is 5.32. The number of thiophene rings is 1. The number of benzene rings is 2. The molecule has 1 aliphatic heterocycles. The summed E-state index contributed by atoms with van der Waals surface area (Å²) >= 11 is 1.51. The third-order valence-corrected chi connectivity index (χ3v) is 8.74. The highest BCUT2D eigenvalue weighted by atomic mass is 32.1. The zero-order valence-electron chi connectivity index (χ0n) is 22.5. The van der Waals surface area contributed by atoms with Gasteiger partial charge in [-0.25, -0.2) is 0 Å². The highest BCUT2D eigenvalue weighted by Crippen LogP contribution is 2.59. The minimum Gasteiger partial charge on any atom is -0.457 e. The largest absolute Gasteiger partial charge is 0.457 e. The van der Waals surface area contributed by atoms with Crippen LogP contribution in [0.4, 0.5) is 0 Å². The normalized spacial score (nSPS) is 21.7. The molecule has 1 aliphatic carbocycles. The van der Waals surface area contributed by atoms with Crippen molar-refractivity contribution in [2.45, 2.75) is 51.2 Å². The molecule has 208 valence electrons. The van der Waals surface area contributed by atoms with E-state index in [0.29, 0.717) is 29.9 Å². The molecule has 10 heteroatoms. The number of ether oxygens (including phenoxy) is 1. The third kappa shape index (κ3) is 6.02. The maximum absolute atomic E-state index is 13.3. The van der Waals surface area contributed by atoms with Crippen molar-refractivity contribution in [1.29, 1.82) is 5.41 Å². The highest BCUT2D eigenvalue weighted by Gasteiger charge is 2.64. The summed E-state index contributed by atoms with van der Waals surface area (Å²) in [5.74, 6) is 0.557. The number of amides is 3. The van der Waals surface area contributed by atoms with Crippen LogP contribution < -0.4 is 21.1 Å². The van der Waals surface area contributed by atoms with Gasteiger partial charge in [0.2, 0.25) is 11.8 Å². The molecule has 0 unspecified atom stereocenters. The lowest BCUT2D eigenvalue weighted by atomic mass is 10.0. The standard InChI is InChI=1S/C30H33N5O4S/c1-18(24-12-19(17-40-24)13-26(31)32)34-29(38)23-14-30(2)15-25(30)35(23)27(36)16-33-28(37)20-8-10-22(11-9-20)39-21-6-4-3-5-7-21/h3-12,17-18,23,25H,13-16H2,1-2H3,(H3,31,32)(H,33,37)(H,34,38)/t18-,23+,25+,30-/m1/s1. The Morgan fingerprint density at radius 3 is 2.52 bits per heavy atom. The molecule has 4 atom stereocenters. The fraction of sp³-hybridized carbons (Fsp3) is 0.333. The maximum Gasteiger partial charge on any atom is 0.251 e. The first-order valence-corrected chi connectivity index (χ1v) is 14.1. The fourth-order valence-corrected chi connectivity index (χ4v) is 6.24. The van der Waals surface area contributed by atoms with E-state index < -0.39 is 6.04 Å². The van der Waals surface area contributed by atoms with E-state index in [1.165, 1.54) is 11.3 Å². The molecule has 3 amide bonds. The second-order valence-electron chi connectivity index (χ2n) is 10.8. The molecule has 9 nitrogen and oxygen atoms in total. The summed E-state index contributed by atoms with van der Waals surface area (Å²) in [6, 6.07) is 17.2. The van der Waals surface area contributed by atoms with Crippen molar-refractivity contribution < 1.29 is 19.1 Å². The number of hydrogen-bond acceptors (Lipinski definition) is 6. The molecular weight excluding hydrogens is 526 g/mol.